The first-order chi connectivity index (χ1) is 16.0. The molecular formula is C28H28N2O3. The van der Waals surface area contributed by atoms with Gasteiger partial charge in [0, 0.05) is 29.5 Å². The van der Waals surface area contributed by atoms with Gasteiger partial charge in [-0.3, -0.25) is 4.79 Å². The first kappa shape index (κ1) is 22.3. The van der Waals surface area contributed by atoms with E-state index in [9.17, 15) is 4.79 Å². The number of ether oxygens (including phenoxy) is 1. The average Bonchev–Trinajstić information content (AvgIpc) is 3.28. The van der Waals surface area contributed by atoms with Gasteiger partial charge < -0.3 is 14.5 Å². The minimum absolute atomic E-state index is 0.0632. The van der Waals surface area contributed by atoms with Crippen molar-refractivity contribution >= 4 is 5.91 Å². The maximum Gasteiger partial charge on any atom is 0.220 e. The van der Waals surface area contributed by atoms with Crippen LogP contribution in [0.25, 0.3) is 22.6 Å². The summed E-state index contributed by atoms with van der Waals surface area (Å²) in [6.07, 6.45) is 0.692. The van der Waals surface area contributed by atoms with Gasteiger partial charge in [0.1, 0.15) is 11.4 Å². The summed E-state index contributed by atoms with van der Waals surface area (Å²) in [7, 11) is 1.64. The molecule has 0 aliphatic carbocycles. The number of aryl methyl sites for hydroxylation is 2. The summed E-state index contributed by atoms with van der Waals surface area (Å²) in [6.45, 7) is 3.98. The molecule has 168 valence electrons. The van der Waals surface area contributed by atoms with Crippen molar-refractivity contribution < 1.29 is 13.9 Å². The lowest BCUT2D eigenvalue weighted by molar-refractivity contribution is -0.121. The van der Waals surface area contributed by atoms with Crippen LogP contribution in [0.3, 0.4) is 0 Å². The summed E-state index contributed by atoms with van der Waals surface area (Å²) in [5.41, 5.74) is 4.80. The molecule has 0 aliphatic rings. The fraction of sp³-hybridized carbons (Fsp3) is 0.214. The summed E-state index contributed by atoms with van der Waals surface area (Å²) < 4.78 is 11.6. The molecule has 3 aromatic carbocycles. The van der Waals surface area contributed by atoms with E-state index in [0.29, 0.717) is 12.3 Å². The first-order valence-corrected chi connectivity index (χ1v) is 11.1. The van der Waals surface area contributed by atoms with E-state index in [1.54, 1.807) is 7.11 Å². The van der Waals surface area contributed by atoms with Gasteiger partial charge in [0.05, 0.1) is 13.2 Å². The van der Waals surface area contributed by atoms with Crippen molar-refractivity contribution in [3.05, 3.63) is 95.9 Å². The molecule has 1 heterocycles. The normalized spacial score (nSPS) is 11.7. The number of benzene rings is 3. The smallest absolute Gasteiger partial charge is 0.220 e. The van der Waals surface area contributed by atoms with Crippen molar-refractivity contribution in [2.75, 3.05) is 7.11 Å². The molecule has 5 nitrogen and oxygen atoms in total. The van der Waals surface area contributed by atoms with Crippen LogP contribution in [-0.4, -0.2) is 18.0 Å². The Bertz CT molecular complexity index is 1160. The second kappa shape index (κ2) is 10.2. The predicted molar refractivity (Wildman–Crippen MR) is 130 cm³/mol. The minimum Gasteiger partial charge on any atom is -0.496 e. The van der Waals surface area contributed by atoms with E-state index in [0.717, 1.165) is 39.5 Å². The van der Waals surface area contributed by atoms with Gasteiger partial charge in [-0.25, -0.2) is 4.98 Å². The highest BCUT2D eigenvalue weighted by atomic mass is 16.5. The molecule has 1 atom stereocenters. The Hall–Kier alpha value is -3.86. The number of nitrogens with zero attached hydrogens (tertiary/aromatic N) is 1. The van der Waals surface area contributed by atoms with Gasteiger partial charge in [0.2, 0.25) is 5.91 Å². The summed E-state index contributed by atoms with van der Waals surface area (Å²) in [6, 6.07) is 25.7. The van der Waals surface area contributed by atoms with Gasteiger partial charge in [-0.1, -0.05) is 78.4 Å². The van der Waals surface area contributed by atoms with E-state index in [1.807, 2.05) is 92.7 Å². The van der Waals surface area contributed by atoms with E-state index in [1.165, 1.54) is 0 Å². The van der Waals surface area contributed by atoms with Crippen LogP contribution in [0.5, 0.6) is 5.75 Å². The third-order valence-corrected chi connectivity index (χ3v) is 5.55. The van der Waals surface area contributed by atoms with Crippen LogP contribution in [-0.2, 0) is 11.2 Å². The average molecular weight is 441 g/mol. The number of carbonyl (C=O) groups is 1. The van der Waals surface area contributed by atoms with Gasteiger partial charge in [-0.2, -0.15) is 0 Å². The first-order valence-electron chi connectivity index (χ1n) is 11.1. The number of carbonyl (C=O) groups excluding carboxylic acids is 1. The molecule has 0 fully saturated rings. The lowest BCUT2D eigenvalue weighted by Gasteiger charge is -2.18. The van der Waals surface area contributed by atoms with E-state index >= 15 is 0 Å². The minimum atomic E-state index is -0.170. The molecule has 0 bridgehead atoms. The zero-order valence-corrected chi connectivity index (χ0v) is 19.2. The Labute approximate surface area is 194 Å². The second-order valence-corrected chi connectivity index (χ2v) is 8.05. The number of hydrogen-bond acceptors (Lipinski definition) is 4. The van der Waals surface area contributed by atoms with Gasteiger partial charge in [-0.05, 0) is 19.9 Å². The summed E-state index contributed by atoms with van der Waals surface area (Å²) in [5.74, 6) is 1.96. The van der Waals surface area contributed by atoms with Crippen molar-refractivity contribution in [2.24, 2.45) is 0 Å². The topological polar surface area (TPSA) is 64.4 Å². The molecular weight excluding hydrogens is 412 g/mol. The summed E-state index contributed by atoms with van der Waals surface area (Å²) >= 11 is 0. The van der Waals surface area contributed by atoms with Gasteiger partial charge in [0.25, 0.3) is 0 Å². The number of methoxy groups -OCH3 is 1. The quantitative estimate of drug-likeness (QED) is 0.358. The highest BCUT2D eigenvalue weighted by molar-refractivity contribution is 5.78. The van der Waals surface area contributed by atoms with Crippen molar-refractivity contribution in [1.82, 2.24) is 10.3 Å². The number of oxazole rings is 1. The van der Waals surface area contributed by atoms with E-state index < -0.39 is 0 Å². The van der Waals surface area contributed by atoms with E-state index in [-0.39, 0.29) is 18.4 Å². The van der Waals surface area contributed by atoms with Crippen LogP contribution in [0.1, 0.15) is 36.4 Å². The van der Waals surface area contributed by atoms with Crippen LogP contribution >= 0.6 is 0 Å². The molecule has 1 amide bonds. The number of amides is 1. The van der Waals surface area contributed by atoms with Crippen LogP contribution in [0.15, 0.2) is 83.3 Å². The second-order valence-electron chi connectivity index (χ2n) is 8.05. The van der Waals surface area contributed by atoms with E-state index in [4.69, 9.17) is 14.1 Å². The fourth-order valence-corrected chi connectivity index (χ4v) is 3.85. The molecule has 33 heavy (non-hydrogen) atoms. The Morgan fingerprint density at radius 1 is 1.00 bits per heavy atom. The van der Waals surface area contributed by atoms with Gasteiger partial charge >= 0.3 is 0 Å². The lowest BCUT2D eigenvalue weighted by Crippen LogP contribution is -2.27. The lowest BCUT2D eigenvalue weighted by atomic mass is 10.0. The summed E-state index contributed by atoms with van der Waals surface area (Å²) in [5, 5.41) is 3.06. The molecule has 5 heteroatoms. The van der Waals surface area contributed by atoms with Gasteiger partial charge in [0.15, 0.2) is 11.7 Å². The molecule has 1 N–H and O–H groups in total. The number of nitrogens with one attached hydrogen (secondary N) is 1. The summed E-state index contributed by atoms with van der Waals surface area (Å²) in [4.78, 5) is 17.4. The predicted octanol–water partition coefficient (Wildman–Crippen LogP) is 6.14. The van der Waals surface area contributed by atoms with Crippen molar-refractivity contribution in [1.29, 1.82) is 0 Å². The Morgan fingerprint density at radius 2 is 1.67 bits per heavy atom. The van der Waals surface area contributed by atoms with Crippen LogP contribution < -0.4 is 10.1 Å². The number of aromatic nitrogens is 1. The van der Waals surface area contributed by atoms with Crippen molar-refractivity contribution in [3.63, 3.8) is 0 Å². The van der Waals surface area contributed by atoms with Crippen LogP contribution in [0.4, 0.5) is 0 Å². The van der Waals surface area contributed by atoms with Gasteiger partial charge in [-0.15, -0.1) is 0 Å². The molecule has 0 saturated heterocycles. The maximum absolute atomic E-state index is 12.7. The Morgan fingerprint density at radius 3 is 2.33 bits per heavy atom. The largest absolute Gasteiger partial charge is 0.496 e. The van der Waals surface area contributed by atoms with Crippen molar-refractivity contribution in [3.8, 4) is 28.3 Å². The molecule has 0 spiro atoms. The third kappa shape index (κ3) is 5.32. The van der Waals surface area contributed by atoms with Crippen molar-refractivity contribution in [2.45, 2.75) is 32.7 Å². The zero-order chi connectivity index (χ0) is 23.2. The zero-order valence-electron chi connectivity index (χ0n) is 19.2. The Kier molecular flexibility index (Phi) is 6.89. The molecule has 0 aliphatic heterocycles. The monoisotopic (exact) mass is 440 g/mol. The molecule has 0 unspecified atom stereocenters. The standard InChI is InChI=1S/C28H28N2O3/c1-19-14-15-24(32-3)23(18-19)20(2)29-25(31)16-17-26-30-27(21-10-6-4-7-11-21)28(33-26)22-12-8-5-9-13-22/h4-15,18,20H,16-17H2,1-3H3,(H,29,31)/t20-/m0/s1. The number of rotatable bonds is 8. The number of hydrogen-bond donors (Lipinski definition) is 1. The molecule has 4 rings (SSSR count). The third-order valence-electron chi connectivity index (χ3n) is 5.55. The van der Waals surface area contributed by atoms with E-state index in [2.05, 4.69) is 5.32 Å². The highest BCUT2D eigenvalue weighted by Crippen LogP contribution is 2.33. The molecule has 1 aromatic heterocycles. The SMILES string of the molecule is COc1ccc(C)cc1[C@H](C)NC(=O)CCc1nc(-c2ccccc2)c(-c2ccccc2)o1. The maximum atomic E-state index is 12.7. The Balaban J connectivity index is 1.49. The van der Waals surface area contributed by atoms with Crippen LogP contribution in [0.2, 0.25) is 0 Å². The fourth-order valence-electron chi connectivity index (χ4n) is 3.85. The molecule has 0 radical (unpaired) electrons. The van der Waals surface area contributed by atoms with Crippen LogP contribution in [0, 0.1) is 6.92 Å². The molecule has 4 aromatic rings. The molecule has 0 saturated carbocycles. The highest BCUT2D eigenvalue weighted by Gasteiger charge is 2.19.